The average molecular weight is 244 g/mol. The van der Waals surface area contributed by atoms with E-state index >= 15 is 0 Å². The van der Waals surface area contributed by atoms with Crippen LogP contribution >= 0.6 is 0 Å². The van der Waals surface area contributed by atoms with Gasteiger partial charge in [0.2, 0.25) is 11.8 Å². The molecule has 2 aromatic heterocycles. The van der Waals surface area contributed by atoms with Gasteiger partial charge in [0.1, 0.15) is 0 Å². The van der Waals surface area contributed by atoms with Crippen molar-refractivity contribution in [3.63, 3.8) is 0 Å². The fourth-order valence-electron chi connectivity index (χ4n) is 1.64. The third-order valence-electron chi connectivity index (χ3n) is 2.89. The van der Waals surface area contributed by atoms with Gasteiger partial charge in [-0.25, -0.2) is 4.98 Å². The largest absolute Gasteiger partial charge is 0.481 e. The Morgan fingerprint density at radius 1 is 1.28 bits per heavy atom. The highest BCUT2D eigenvalue weighted by Crippen LogP contribution is 2.22. The summed E-state index contributed by atoms with van der Waals surface area (Å²) in [6.45, 7) is 2.08. The van der Waals surface area contributed by atoms with E-state index in [4.69, 9.17) is 4.74 Å². The fraction of sp³-hybridized carbons (Fsp3) is 0.308. The van der Waals surface area contributed by atoms with Crippen LogP contribution in [0.5, 0.6) is 5.88 Å². The Kier molecular flexibility index (Phi) is 3.72. The molecule has 0 aliphatic heterocycles. The lowest BCUT2D eigenvalue weighted by Gasteiger charge is -2.24. The number of hydrogen-bond acceptors (Lipinski definition) is 5. The summed E-state index contributed by atoms with van der Waals surface area (Å²) in [4.78, 5) is 14.7. The van der Waals surface area contributed by atoms with Gasteiger partial charge in [0.25, 0.3) is 0 Å². The van der Waals surface area contributed by atoms with E-state index in [1.54, 1.807) is 25.6 Å². The maximum absolute atomic E-state index is 5.10. The second kappa shape index (κ2) is 5.44. The minimum atomic E-state index is 0.144. The van der Waals surface area contributed by atoms with E-state index < -0.39 is 0 Å². The van der Waals surface area contributed by atoms with E-state index in [1.807, 2.05) is 30.3 Å². The molecule has 0 aromatic carbocycles. The van der Waals surface area contributed by atoms with Crippen molar-refractivity contribution >= 4 is 5.95 Å². The van der Waals surface area contributed by atoms with Crippen molar-refractivity contribution in [1.82, 2.24) is 15.0 Å². The normalized spacial score (nSPS) is 11.9. The van der Waals surface area contributed by atoms with Crippen LogP contribution in [0.15, 0.2) is 36.8 Å². The van der Waals surface area contributed by atoms with Crippen LogP contribution in [0.3, 0.4) is 0 Å². The topological polar surface area (TPSA) is 51.1 Å². The van der Waals surface area contributed by atoms with Gasteiger partial charge in [-0.2, -0.15) is 4.98 Å². The van der Waals surface area contributed by atoms with Gasteiger partial charge in [0, 0.05) is 31.7 Å². The number of hydrogen-bond donors (Lipinski definition) is 0. The van der Waals surface area contributed by atoms with Gasteiger partial charge in [0.15, 0.2) is 0 Å². The number of rotatable bonds is 4. The van der Waals surface area contributed by atoms with Crippen molar-refractivity contribution < 1.29 is 4.74 Å². The van der Waals surface area contributed by atoms with Crippen molar-refractivity contribution in [2.45, 2.75) is 13.0 Å². The van der Waals surface area contributed by atoms with Crippen molar-refractivity contribution in [2.75, 3.05) is 19.1 Å². The Hall–Kier alpha value is -2.17. The lowest BCUT2D eigenvalue weighted by Crippen LogP contribution is -2.23. The second-order valence-corrected chi connectivity index (χ2v) is 3.97. The Bertz CT molecular complexity index is 503. The summed E-state index contributed by atoms with van der Waals surface area (Å²) in [5.41, 5.74) is 1.12. The predicted molar refractivity (Wildman–Crippen MR) is 69.6 cm³/mol. The van der Waals surface area contributed by atoms with Crippen molar-refractivity contribution in [3.05, 3.63) is 42.4 Å². The van der Waals surface area contributed by atoms with Crippen LogP contribution in [0.1, 0.15) is 18.5 Å². The number of ether oxygens (including phenoxy) is 1. The van der Waals surface area contributed by atoms with Crippen LogP contribution in [0.25, 0.3) is 0 Å². The van der Waals surface area contributed by atoms with Crippen LogP contribution < -0.4 is 9.64 Å². The molecule has 2 aromatic rings. The van der Waals surface area contributed by atoms with E-state index in [0.29, 0.717) is 11.8 Å². The smallest absolute Gasteiger partial charge is 0.228 e. The summed E-state index contributed by atoms with van der Waals surface area (Å²) < 4.78 is 5.10. The monoisotopic (exact) mass is 244 g/mol. The van der Waals surface area contributed by atoms with Crippen molar-refractivity contribution in [2.24, 2.45) is 0 Å². The predicted octanol–water partition coefficient (Wildman–Crippen LogP) is 2.08. The van der Waals surface area contributed by atoms with Crippen LogP contribution in [0.4, 0.5) is 5.95 Å². The molecule has 0 saturated heterocycles. The summed E-state index contributed by atoms with van der Waals surface area (Å²) in [7, 11) is 3.54. The quantitative estimate of drug-likeness (QED) is 0.824. The minimum Gasteiger partial charge on any atom is -0.481 e. The van der Waals surface area contributed by atoms with Gasteiger partial charge in [0.05, 0.1) is 13.2 Å². The number of anilines is 1. The SMILES string of the molecule is COc1ccnc(N(C)C(C)c2cccnc2)n1. The molecule has 5 nitrogen and oxygen atoms in total. The molecule has 0 aliphatic rings. The molecular formula is C13H16N4O. The lowest BCUT2D eigenvalue weighted by molar-refractivity contribution is 0.396. The summed E-state index contributed by atoms with van der Waals surface area (Å²) in [5, 5.41) is 0. The summed E-state index contributed by atoms with van der Waals surface area (Å²) in [6.07, 6.45) is 5.30. The number of pyridine rings is 1. The van der Waals surface area contributed by atoms with E-state index in [2.05, 4.69) is 21.9 Å². The number of aromatic nitrogens is 3. The Labute approximate surface area is 106 Å². The molecule has 0 N–H and O–H groups in total. The van der Waals surface area contributed by atoms with Crippen molar-refractivity contribution in [3.8, 4) is 5.88 Å². The van der Waals surface area contributed by atoms with E-state index in [1.165, 1.54) is 0 Å². The molecule has 1 atom stereocenters. The van der Waals surface area contributed by atoms with Crippen LogP contribution in [-0.2, 0) is 0 Å². The van der Waals surface area contributed by atoms with E-state index in [-0.39, 0.29) is 6.04 Å². The summed E-state index contributed by atoms with van der Waals surface area (Å²) in [6, 6.07) is 5.83. The zero-order valence-electron chi connectivity index (χ0n) is 10.7. The molecule has 0 amide bonds. The van der Waals surface area contributed by atoms with Crippen LogP contribution in [0.2, 0.25) is 0 Å². The standard InChI is InChI=1S/C13H16N4O/c1-10(11-5-4-7-14-9-11)17(2)13-15-8-6-12(16-13)18-3/h4-10H,1-3H3. The third-order valence-corrected chi connectivity index (χ3v) is 2.89. The molecule has 0 spiro atoms. The fourth-order valence-corrected chi connectivity index (χ4v) is 1.64. The van der Waals surface area contributed by atoms with E-state index in [9.17, 15) is 0 Å². The Morgan fingerprint density at radius 3 is 2.78 bits per heavy atom. The highest BCUT2D eigenvalue weighted by Gasteiger charge is 2.15. The number of nitrogens with zero attached hydrogens (tertiary/aromatic N) is 4. The molecule has 94 valence electrons. The first kappa shape index (κ1) is 12.3. The molecular weight excluding hydrogens is 228 g/mol. The molecule has 1 unspecified atom stereocenters. The molecule has 0 aliphatic carbocycles. The molecule has 0 bridgehead atoms. The molecule has 2 rings (SSSR count). The third kappa shape index (κ3) is 2.56. The van der Waals surface area contributed by atoms with Gasteiger partial charge >= 0.3 is 0 Å². The highest BCUT2D eigenvalue weighted by molar-refractivity contribution is 5.35. The first-order chi connectivity index (χ1) is 8.72. The molecule has 5 heteroatoms. The van der Waals surface area contributed by atoms with Crippen LogP contribution in [-0.4, -0.2) is 29.1 Å². The van der Waals surface area contributed by atoms with Crippen LogP contribution in [0, 0.1) is 0 Å². The summed E-state index contributed by atoms with van der Waals surface area (Å²) >= 11 is 0. The zero-order valence-corrected chi connectivity index (χ0v) is 10.7. The molecule has 0 saturated carbocycles. The maximum atomic E-state index is 5.10. The minimum absolute atomic E-state index is 0.144. The highest BCUT2D eigenvalue weighted by atomic mass is 16.5. The lowest BCUT2D eigenvalue weighted by atomic mass is 10.1. The average Bonchev–Trinajstić information content (AvgIpc) is 2.46. The number of methoxy groups -OCH3 is 1. The van der Waals surface area contributed by atoms with Gasteiger partial charge < -0.3 is 9.64 Å². The maximum Gasteiger partial charge on any atom is 0.228 e. The first-order valence-corrected chi connectivity index (χ1v) is 5.72. The van der Waals surface area contributed by atoms with Gasteiger partial charge in [-0.1, -0.05) is 6.07 Å². The van der Waals surface area contributed by atoms with Gasteiger partial charge in [-0.15, -0.1) is 0 Å². The summed E-state index contributed by atoms with van der Waals surface area (Å²) in [5.74, 6) is 1.19. The molecule has 18 heavy (non-hydrogen) atoms. The van der Waals surface area contributed by atoms with Gasteiger partial charge in [-0.3, -0.25) is 4.98 Å². The second-order valence-electron chi connectivity index (χ2n) is 3.97. The van der Waals surface area contributed by atoms with E-state index in [0.717, 1.165) is 5.56 Å². The Morgan fingerprint density at radius 2 is 2.11 bits per heavy atom. The van der Waals surface area contributed by atoms with Gasteiger partial charge in [-0.05, 0) is 18.6 Å². The zero-order chi connectivity index (χ0) is 13.0. The van der Waals surface area contributed by atoms with Crippen molar-refractivity contribution in [1.29, 1.82) is 0 Å². The molecule has 2 heterocycles. The molecule has 0 fully saturated rings. The first-order valence-electron chi connectivity index (χ1n) is 5.72. The Balaban J connectivity index is 2.22. The molecule has 0 radical (unpaired) electrons.